The number of rotatable bonds is 15. The van der Waals surface area contributed by atoms with Gasteiger partial charge in [-0.3, -0.25) is 19.2 Å². The first-order chi connectivity index (χ1) is 25.5. The van der Waals surface area contributed by atoms with Gasteiger partial charge in [-0.25, -0.2) is 0 Å². The molecule has 0 aromatic heterocycles. The van der Waals surface area contributed by atoms with Crippen LogP contribution in [0.3, 0.4) is 0 Å². The van der Waals surface area contributed by atoms with E-state index in [4.69, 9.17) is 9.47 Å². The summed E-state index contributed by atoms with van der Waals surface area (Å²) in [5, 5.41) is 12.5. The molecule has 11 heteroatoms. The van der Waals surface area contributed by atoms with Crippen LogP contribution in [0.5, 0.6) is 0 Å². The monoisotopic (exact) mass is 785 g/mol. The minimum atomic E-state index is -1.37. The van der Waals surface area contributed by atoms with E-state index in [-0.39, 0.29) is 36.2 Å². The molecular weight excluding hydrogens is 738 g/mol. The lowest BCUT2D eigenvalue weighted by atomic mass is 9.70. The number of aliphatic hydroxyl groups excluding tert-OH is 1. The number of carbonyl (C=O) groups is 4. The van der Waals surface area contributed by atoms with Gasteiger partial charge in [0.15, 0.2) is 0 Å². The molecule has 280 valence electrons. The molecule has 0 aliphatic carbocycles. The van der Waals surface area contributed by atoms with Crippen molar-refractivity contribution in [1.82, 2.24) is 9.80 Å². The topological polar surface area (TPSA) is 117 Å². The number of carbonyl (C=O) groups excluding carboxylic acids is 4. The summed E-state index contributed by atoms with van der Waals surface area (Å²) in [7, 11) is 1.68. The number of likely N-dealkylation sites (N-methyl/N-ethyl adjacent to an activating group) is 1. The fourth-order valence-electron chi connectivity index (χ4n) is 8.49. The minimum absolute atomic E-state index is 0.120. The lowest BCUT2D eigenvalue weighted by molar-refractivity contribution is -0.165. The predicted octanol–water partition coefficient (Wildman–Crippen LogP) is 5.98. The molecule has 53 heavy (non-hydrogen) atoms. The standard InChI is InChI=1S/C42H48BrN3O7/c1-6-9-19-33(48)44(5)26(4)36(28-16-11-10-12-17-28)52-41(51)34-35-39(49)46(30(8-3)25-47)38(42(35)24-32(43)37(34)53-42)40(50)45(22-7-2)31-21-20-27-15-13-14-18-29(27)23-31/h6-7,10-18,20-21,23,26,30,32,34-38,47H,1-2,8-9,19,22,24-25H2,3-5H3/t26-,30-,32?,34+,35-,36+,37+,38+,42-/m0/s1. The number of esters is 1. The lowest BCUT2D eigenvalue weighted by Gasteiger charge is -2.39. The largest absolute Gasteiger partial charge is 0.455 e. The second kappa shape index (κ2) is 16.0. The first-order valence-electron chi connectivity index (χ1n) is 18.3. The van der Waals surface area contributed by atoms with E-state index < -0.39 is 59.6 Å². The number of nitrogens with zero attached hydrogens (tertiary/aromatic N) is 3. The van der Waals surface area contributed by atoms with Gasteiger partial charge in [-0.1, -0.05) is 95.7 Å². The highest BCUT2D eigenvalue weighted by Crippen LogP contribution is 2.61. The SMILES string of the molecule is C=CCCC(=O)N(C)[C@@H](C)[C@@H](OC(=O)[C@H]1[C@@H]2O[C@@]3(CC2Br)[C@@H]1C(=O)N([C@@H](CC)CO)[C@@H]3C(=O)N(CC=C)c1ccc2ccccc2c1)c1ccccc1. The summed E-state index contributed by atoms with van der Waals surface area (Å²) < 4.78 is 13.1. The Bertz CT molecular complexity index is 1870. The summed E-state index contributed by atoms with van der Waals surface area (Å²) in [4.78, 5) is 61.9. The molecule has 10 nitrogen and oxygen atoms in total. The molecule has 3 aliphatic heterocycles. The molecule has 1 N–H and O–H groups in total. The molecular formula is C42H48BrN3O7. The minimum Gasteiger partial charge on any atom is -0.455 e. The number of hydrogen-bond acceptors (Lipinski definition) is 7. The number of fused-ring (bicyclic) bond motifs is 2. The number of halogens is 1. The van der Waals surface area contributed by atoms with Crippen molar-refractivity contribution in [3.63, 3.8) is 0 Å². The van der Waals surface area contributed by atoms with Gasteiger partial charge in [-0.05, 0) is 54.7 Å². The van der Waals surface area contributed by atoms with Crippen LogP contribution >= 0.6 is 15.9 Å². The van der Waals surface area contributed by atoms with Crippen LogP contribution < -0.4 is 4.90 Å². The van der Waals surface area contributed by atoms with Gasteiger partial charge in [0.05, 0.1) is 36.6 Å². The molecule has 0 radical (unpaired) electrons. The third-order valence-corrected chi connectivity index (χ3v) is 12.2. The number of hydrogen-bond donors (Lipinski definition) is 1. The molecule has 0 saturated carbocycles. The average Bonchev–Trinajstić information content (AvgIpc) is 3.78. The number of benzene rings is 3. The van der Waals surface area contributed by atoms with Crippen LogP contribution in [0.15, 0.2) is 98.1 Å². The summed E-state index contributed by atoms with van der Waals surface area (Å²) in [6.07, 6.45) is 3.16. The maximum absolute atomic E-state index is 15.1. The first kappa shape index (κ1) is 38.4. The van der Waals surface area contributed by atoms with Crippen LogP contribution in [0.1, 0.15) is 51.2 Å². The quantitative estimate of drug-likeness (QED) is 0.115. The second-order valence-electron chi connectivity index (χ2n) is 14.3. The van der Waals surface area contributed by atoms with E-state index in [1.165, 1.54) is 4.90 Å². The van der Waals surface area contributed by atoms with Gasteiger partial charge in [0.2, 0.25) is 11.8 Å². The Kier molecular flexibility index (Phi) is 11.6. The van der Waals surface area contributed by atoms with Crippen LogP contribution in [0.2, 0.25) is 0 Å². The van der Waals surface area contributed by atoms with Crippen molar-refractivity contribution in [2.75, 3.05) is 25.1 Å². The van der Waals surface area contributed by atoms with Crippen molar-refractivity contribution in [2.45, 2.75) is 80.3 Å². The van der Waals surface area contributed by atoms with Crippen LogP contribution in [0, 0.1) is 11.8 Å². The summed E-state index contributed by atoms with van der Waals surface area (Å²) >= 11 is 3.76. The number of alkyl halides is 1. The molecule has 1 unspecified atom stereocenters. The Balaban J connectivity index is 1.38. The highest BCUT2D eigenvalue weighted by molar-refractivity contribution is 9.09. The van der Waals surface area contributed by atoms with E-state index in [0.29, 0.717) is 30.5 Å². The molecule has 1 spiro atoms. The van der Waals surface area contributed by atoms with Gasteiger partial charge >= 0.3 is 5.97 Å². The smallest absolute Gasteiger partial charge is 0.313 e. The zero-order valence-corrected chi connectivity index (χ0v) is 32.1. The number of ether oxygens (including phenoxy) is 2. The third-order valence-electron chi connectivity index (χ3n) is 11.3. The predicted molar refractivity (Wildman–Crippen MR) is 207 cm³/mol. The van der Waals surface area contributed by atoms with Crippen molar-refractivity contribution in [3.05, 3.63) is 104 Å². The summed E-state index contributed by atoms with van der Waals surface area (Å²) in [5.41, 5.74) is -0.0516. The van der Waals surface area contributed by atoms with Gasteiger partial charge in [0.25, 0.3) is 5.91 Å². The molecule has 3 aliphatic rings. The van der Waals surface area contributed by atoms with Crippen molar-refractivity contribution in [2.24, 2.45) is 11.8 Å². The van der Waals surface area contributed by atoms with Crippen molar-refractivity contribution in [3.8, 4) is 0 Å². The summed E-state index contributed by atoms with van der Waals surface area (Å²) in [6, 6.07) is 20.4. The maximum atomic E-state index is 15.1. The van der Waals surface area contributed by atoms with E-state index in [0.717, 1.165) is 10.8 Å². The molecule has 3 aromatic carbocycles. The molecule has 6 rings (SSSR count). The van der Waals surface area contributed by atoms with E-state index >= 15 is 4.79 Å². The molecule has 9 atom stereocenters. The number of anilines is 1. The number of allylic oxidation sites excluding steroid dienone is 1. The molecule has 3 heterocycles. The fraction of sp³-hybridized carbons (Fsp3) is 0.429. The van der Waals surface area contributed by atoms with Gasteiger partial charge in [0, 0.05) is 30.5 Å². The second-order valence-corrected chi connectivity index (χ2v) is 15.4. The lowest BCUT2D eigenvalue weighted by Crippen LogP contribution is -2.59. The molecule has 3 aromatic rings. The van der Waals surface area contributed by atoms with Gasteiger partial charge in [-0.15, -0.1) is 13.2 Å². The molecule has 2 bridgehead atoms. The van der Waals surface area contributed by atoms with Crippen LogP contribution in [0.4, 0.5) is 5.69 Å². The Labute approximate surface area is 319 Å². The van der Waals surface area contributed by atoms with E-state index in [9.17, 15) is 19.5 Å². The van der Waals surface area contributed by atoms with E-state index in [1.807, 2.05) is 86.6 Å². The number of likely N-dealkylation sites (tertiary alicyclic amines) is 1. The van der Waals surface area contributed by atoms with E-state index in [2.05, 4.69) is 29.1 Å². The van der Waals surface area contributed by atoms with Gasteiger partial charge in [0.1, 0.15) is 17.7 Å². The number of amides is 3. The fourth-order valence-corrected chi connectivity index (χ4v) is 9.43. The van der Waals surface area contributed by atoms with Gasteiger partial charge < -0.3 is 29.3 Å². The van der Waals surface area contributed by atoms with E-state index in [1.54, 1.807) is 29.0 Å². The Morgan fingerprint density at radius 2 is 1.77 bits per heavy atom. The van der Waals surface area contributed by atoms with Crippen LogP contribution in [-0.4, -0.2) is 93.5 Å². The van der Waals surface area contributed by atoms with Crippen molar-refractivity contribution >= 4 is 56.1 Å². The zero-order chi connectivity index (χ0) is 38.0. The van der Waals surface area contributed by atoms with Crippen LogP contribution in [0.25, 0.3) is 10.8 Å². The maximum Gasteiger partial charge on any atom is 0.313 e. The molecule has 3 fully saturated rings. The third kappa shape index (κ3) is 6.83. The first-order valence-corrected chi connectivity index (χ1v) is 19.2. The Hall–Kier alpha value is -4.32. The summed E-state index contributed by atoms with van der Waals surface area (Å²) in [6.45, 7) is 11.1. The normalized spacial score (nSPS) is 26.1. The molecule has 3 saturated heterocycles. The highest BCUT2D eigenvalue weighted by Gasteiger charge is 2.77. The highest BCUT2D eigenvalue weighted by atomic mass is 79.9. The molecule has 3 amide bonds. The van der Waals surface area contributed by atoms with Crippen molar-refractivity contribution in [1.29, 1.82) is 0 Å². The summed E-state index contributed by atoms with van der Waals surface area (Å²) in [5.74, 6) is -3.66. The average molecular weight is 787 g/mol. The number of aliphatic hydroxyl groups is 1. The van der Waals surface area contributed by atoms with Crippen LogP contribution in [-0.2, 0) is 28.7 Å². The zero-order valence-electron chi connectivity index (χ0n) is 30.5. The Morgan fingerprint density at radius 1 is 1.08 bits per heavy atom. The Morgan fingerprint density at radius 3 is 2.43 bits per heavy atom. The van der Waals surface area contributed by atoms with Gasteiger partial charge in [-0.2, -0.15) is 0 Å². The van der Waals surface area contributed by atoms with Crippen molar-refractivity contribution < 1.29 is 33.8 Å².